The Morgan fingerprint density at radius 1 is 1.33 bits per heavy atom. The number of carbonyl (C=O) groups is 1. The summed E-state index contributed by atoms with van der Waals surface area (Å²) in [6.45, 7) is 9.82. The second-order valence-electron chi connectivity index (χ2n) is 7.13. The Morgan fingerprint density at radius 3 is 2.88 bits per heavy atom. The maximum absolute atomic E-state index is 12.2. The lowest BCUT2D eigenvalue weighted by Gasteiger charge is -2.38. The molecule has 0 saturated carbocycles. The molecule has 1 aromatic carbocycles. The first-order valence-electron chi connectivity index (χ1n) is 8.96. The number of para-hydroxylation sites is 1. The van der Waals surface area contributed by atoms with Crippen LogP contribution in [0.3, 0.4) is 0 Å². The van der Waals surface area contributed by atoms with Crippen molar-refractivity contribution in [3.63, 3.8) is 0 Å². The van der Waals surface area contributed by atoms with Gasteiger partial charge in [-0.15, -0.1) is 0 Å². The third kappa shape index (κ3) is 3.66. The van der Waals surface area contributed by atoms with Crippen molar-refractivity contribution in [1.29, 1.82) is 0 Å². The van der Waals surface area contributed by atoms with Crippen LogP contribution < -0.4 is 14.8 Å². The number of fused-ring (bicyclic) bond motifs is 1. The number of nitrogens with zero attached hydrogens (tertiary/aromatic N) is 1. The molecule has 5 heteroatoms. The third-order valence-electron chi connectivity index (χ3n) is 4.91. The Bertz CT molecular complexity index is 588. The Labute approximate surface area is 144 Å². The van der Waals surface area contributed by atoms with Crippen molar-refractivity contribution in [3.8, 4) is 11.5 Å². The summed E-state index contributed by atoms with van der Waals surface area (Å²) in [6, 6.07) is 6.47. The number of hydrogen-bond acceptors (Lipinski definition) is 4. The van der Waals surface area contributed by atoms with Crippen LogP contribution in [0.25, 0.3) is 0 Å². The van der Waals surface area contributed by atoms with Crippen molar-refractivity contribution in [2.75, 3.05) is 26.3 Å². The molecular weight excluding hydrogens is 304 g/mol. The lowest BCUT2D eigenvalue weighted by atomic mass is 9.92. The maximum Gasteiger partial charge on any atom is 0.225 e. The van der Waals surface area contributed by atoms with E-state index in [4.69, 9.17) is 9.47 Å². The van der Waals surface area contributed by atoms with Gasteiger partial charge in [-0.25, -0.2) is 0 Å². The van der Waals surface area contributed by atoms with Gasteiger partial charge < -0.3 is 19.7 Å². The highest BCUT2D eigenvalue weighted by molar-refractivity contribution is 5.78. The minimum atomic E-state index is 0.0784. The van der Waals surface area contributed by atoms with E-state index in [1.54, 1.807) is 0 Å². The summed E-state index contributed by atoms with van der Waals surface area (Å²) in [7, 11) is 0. The molecule has 1 amide bonds. The quantitative estimate of drug-likeness (QED) is 0.920. The first-order chi connectivity index (χ1) is 11.6. The zero-order chi connectivity index (χ0) is 17.1. The molecule has 1 aromatic rings. The van der Waals surface area contributed by atoms with Gasteiger partial charge in [-0.1, -0.05) is 32.9 Å². The molecule has 3 rings (SSSR count). The van der Waals surface area contributed by atoms with Gasteiger partial charge in [-0.2, -0.15) is 0 Å². The molecule has 0 spiro atoms. The molecule has 5 nitrogen and oxygen atoms in total. The number of benzene rings is 1. The SMILES string of the molecule is CC(C)C(=O)N1CCC(NCc2cccc3c2OCCO3)C(C)C1. The number of hydrogen-bond donors (Lipinski definition) is 1. The van der Waals surface area contributed by atoms with E-state index >= 15 is 0 Å². The van der Waals surface area contributed by atoms with E-state index in [2.05, 4.69) is 18.3 Å². The van der Waals surface area contributed by atoms with Crippen molar-refractivity contribution < 1.29 is 14.3 Å². The van der Waals surface area contributed by atoms with Crippen molar-refractivity contribution in [1.82, 2.24) is 10.2 Å². The fourth-order valence-corrected chi connectivity index (χ4v) is 3.53. The maximum atomic E-state index is 12.2. The molecule has 0 radical (unpaired) electrons. The lowest BCUT2D eigenvalue weighted by molar-refractivity contribution is -0.136. The second kappa shape index (κ2) is 7.43. The van der Waals surface area contributed by atoms with Crippen LogP contribution in [0, 0.1) is 11.8 Å². The summed E-state index contributed by atoms with van der Waals surface area (Å²) >= 11 is 0. The van der Waals surface area contributed by atoms with E-state index in [1.165, 1.54) is 0 Å². The minimum absolute atomic E-state index is 0.0784. The van der Waals surface area contributed by atoms with Crippen molar-refractivity contribution in [2.45, 2.75) is 39.8 Å². The van der Waals surface area contributed by atoms with Crippen molar-refractivity contribution in [2.24, 2.45) is 11.8 Å². The number of ether oxygens (including phenoxy) is 2. The monoisotopic (exact) mass is 332 g/mol. The summed E-state index contributed by atoms with van der Waals surface area (Å²) in [5.74, 6) is 2.50. The minimum Gasteiger partial charge on any atom is -0.486 e. The van der Waals surface area contributed by atoms with Crippen molar-refractivity contribution in [3.05, 3.63) is 23.8 Å². The van der Waals surface area contributed by atoms with E-state index in [0.29, 0.717) is 25.2 Å². The van der Waals surface area contributed by atoms with Gasteiger partial charge in [-0.3, -0.25) is 4.79 Å². The molecule has 0 aromatic heterocycles. The first-order valence-corrected chi connectivity index (χ1v) is 8.96. The van der Waals surface area contributed by atoms with Crippen LogP contribution in [-0.2, 0) is 11.3 Å². The molecule has 1 saturated heterocycles. The Morgan fingerprint density at radius 2 is 2.12 bits per heavy atom. The lowest BCUT2D eigenvalue weighted by Crippen LogP contribution is -2.50. The van der Waals surface area contributed by atoms with E-state index in [9.17, 15) is 4.79 Å². The first kappa shape index (κ1) is 17.1. The molecule has 2 heterocycles. The largest absolute Gasteiger partial charge is 0.486 e. The fourth-order valence-electron chi connectivity index (χ4n) is 3.53. The molecule has 0 aliphatic carbocycles. The van der Waals surface area contributed by atoms with Gasteiger partial charge >= 0.3 is 0 Å². The predicted molar refractivity (Wildman–Crippen MR) is 93.3 cm³/mol. The van der Waals surface area contributed by atoms with Crippen LogP contribution in [0.5, 0.6) is 11.5 Å². The van der Waals surface area contributed by atoms with Crippen LogP contribution in [0.4, 0.5) is 0 Å². The Kier molecular flexibility index (Phi) is 5.29. The smallest absolute Gasteiger partial charge is 0.225 e. The normalized spacial score (nSPS) is 23.4. The molecule has 132 valence electrons. The summed E-state index contributed by atoms with van der Waals surface area (Å²) in [4.78, 5) is 14.2. The number of rotatable bonds is 4. The average Bonchev–Trinajstić information content (AvgIpc) is 2.60. The summed E-state index contributed by atoms with van der Waals surface area (Å²) in [5, 5.41) is 3.65. The number of likely N-dealkylation sites (tertiary alicyclic amines) is 1. The van der Waals surface area contributed by atoms with Crippen LogP contribution in [0.2, 0.25) is 0 Å². The topological polar surface area (TPSA) is 50.8 Å². The van der Waals surface area contributed by atoms with E-state index in [0.717, 1.165) is 43.1 Å². The van der Waals surface area contributed by atoms with Gasteiger partial charge in [-0.05, 0) is 18.4 Å². The third-order valence-corrected chi connectivity index (χ3v) is 4.91. The molecule has 0 bridgehead atoms. The second-order valence-corrected chi connectivity index (χ2v) is 7.13. The molecular formula is C19H28N2O3. The number of nitrogens with one attached hydrogen (secondary N) is 1. The zero-order valence-electron chi connectivity index (χ0n) is 14.9. The summed E-state index contributed by atoms with van der Waals surface area (Å²) in [5.41, 5.74) is 1.14. The van der Waals surface area contributed by atoms with Crippen LogP contribution in [0.1, 0.15) is 32.8 Å². The molecule has 1 fully saturated rings. The van der Waals surface area contributed by atoms with Crippen LogP contribution >= 0.6 is 0 Å². The number of piperidine rings is 1. The van der Waals surface area contributed by atoms with E-state index < -0.39 is 0 Å². The van der Waals surface area contributed by atoms with Gasteiger partial charge in [0, 0.05) is 37.2 Å². The van der Waals surface area contributed by atoms with Gasteiger partial charge in [0.1, 0.15) is 13.2 Å². The molecule has 2 aliphatic heterocycles. The number of carbonyl (C=O) groups excluding carboxylic acids is 1. The fraction of sp³-hybridized carbons (Fsp3) is 0.632. The Hall–Kier alpha value is -1.75. The highest BCUT2D eigenvalue weighted by Crippen LogP contribution is 2.33. The molecule has 1 N–H and O–H groups in total. The van der Waals surface area contributed by atoms with E-state index in [-0.39, 0.29) is 11.8 Å². The van der Waals surface area contributed by atoms with Gasteiger partial charge in [0.25, 0.3) is 0 Å². The highest BCUT2D eigenvalue weighted by atomic mass is 16.6. The highest BCUT2D eigenvalue weighted by Gasteiger charge is 2.29. The summed E-state index contributed by atoms with van der Waals surface area (Å²) in [6.07, 6.45) is 0.992. The molecule has 2 aliphatic rings. The molecule has 24 heavy (non-hydrogen) atoms. The molecule has 2 unspecified atom stereocenters. The van der Waals surface area contributed by atoms with Gasteiger partial charge in [0.05, 0.1) is 0 Å². The summed E-state index contributed by atoms with van der Waals surface area (Å²) < 4.78 is 11.4. The average molecular weight is 332 g/mol. The van der Waals surface area contributed by atoms with Crippen molar-refractivity contribution >= 4 is 5.91 Å². The molecule has 2 atom stereocenters. The van der Waals surface area contributed by atoms with Crippen LogP contribution in [0.15, 0.2) is 18.2 Å². The van der Waals surface area contributed by atoms with E-state index in [1.807, 2.05) is 30.9 Å². The van der Waals surface area contributed by atoms with Crippen LogP contribution in [-0.4, -0.2) is 43.2 Å². The predicted octanol–water partition coefficient (Wildman–Crippen LogP) is 2.44. The standard InChI is InChI=1S/C19H28N2O3/c1-13(2)19(22)21-8-7-16(14(3)12-21)20-11-15-5-4-6-17-18(15)24-10-9-23-17/h4-6,13-14,16,20H,7-12H2,1-3H3. The van der Waals surface area contributed by atoms with Gasteiger partial charge in [0.15, 0.2) is 11.5 Å². The zero-order valence-corrected chi connectivity index (χ0v) is 14.9. The van der Waals surface area contributed by atoms with Gasteiger partial charge in [0.2, 0.25) is 5.91 Å². The number of amides is 1. The Balaban J connectivity index is 1.57.